The summed E-state index contributed by atoms with van der Waals surface area (Å²) in [5, 5.41) is 12.0. The Bertz CT molecular complexity index is 1410. The number of rotatable bonds is 4. The van der Waals surface area contributed by atoms with Crippen molar-refractivity contribution in [2.24, 2.45) is 18.9 Å². The van der Waals surface area contributed by atoms with Gasteiger partial charge in [0.05, 0.1) is 5.41 Å². The van der Waals surface area contributed by atoms with E-state index in [2.05, 4.69) is 49.7 Å². The van der Waals surface area contributed by atoms with Crippen LogP contribution in [-0.4, -0.2) is 34.7 Å². The van der Waals surface area contributed by atoms with E-state index in [0.717, 1.165) is 12.2 Å². The Hall–Kier alpha value is -3.62. The third kappa shape index (κ3) is 1.76. The van der Waals surface area contributed by atoms with Gasteiger partial charge in [0.15, 0.2) is 11.3 Å². The fourth-order valence-electron chi connectivity index (χ4n) is 5.25. The number of allylic oxidation sites excluding steroid dienone is 2. The van der Waals surface area contributed by atoms with E-state index in [0.29, 0.717) is 28.9 Å². The first-order valence-corrected chi connectivity index (χ1v) is 9.56. The number of aromatic nitrogens is 7. The van der Waals surface area contributed by atoms with E-state index >= 15 is 0 Å². The number of hydrogen-bond donors (Lipinski definition) is 0. The fourth-order valence-corrected chi connectivity index (χ4v) is 5.25. The summed E-state index contributed by atoms with van der Waals surface area (Å²) in [6.45, 7) is 0.177. The molecule has 2 fully saturated rings. The van der Waals surface area contributed by atoms with E-state index in [-0.39, 0.29) is 17.5 Å². The van der Waals surface area contributed by atoms with Gasteiger partial charge >= 0.3 is 0 Å². The van der Waals surface area contributed by atoms with E-state index in [1.807, 2.05) is 6.07 Å². The Morgan fingerprint density at radius 3 is 2.97 bits per heavy atom. The zero-order chi connectivity index (χ0) is 19.3. The summed E-state index contributed by atoms with van der Waals surface area (Å²) in [5.41, 5.74) is 4.66. The lowest BCUT2D eigenvalue weighted by Crippen LogP contribution is -2.23. The zero-order valence-electron chi connectivity index (χ0n) is 15.5. The molecule has 3 atom stereocenters. The minimum atomic E-state index is -0.231. The molecule has 0 saturated heterocycles. The molecule has 4 aromatic rings. The zero-order valence-corrected chi connectivity index (χ0v) is 15.5. The number of benzene rings is 1. The highest BCUT2D eigenvalue weighted by Crippen LogP contribution is 2.90. The van der Waals surface area contributed by atoms with Crippen LogP contribution in [0.4, 0.5) is 0 Å². The standard InChI is InChI=1S/C20H15N7O2/c1-26-16-17(23-25-26)21-9-27(18(16)28)8-13-22-19(24-29-13)20-12-7-11(14(20)15(12)20)10-5-3-2-4-6-10/h2-6,9,12,15H,7-8H2,1H3/t12-,15-,20+/m1/s1. The molecule has 3 heterocycles. The summed E-state index contributed by atoms with van der Waals surface area (Å²) in [4.78, 5) is 21.5. The van der Waals surface area contributed by atoms with Crippen molar-refractivity contribution < 1.29 is 4.52 Å². The maximum atomic E-state index is 12.7. The normalized spacial score (nSPS) is 26.2. The van der Waals surface area contributed by atoms with E-state index in [1.54, 1.807) is 7.05 Å². The van der Waals surface area contributed by atoms with Gasteiger partial charge in [0.25, 0.3) is 5.56 Å². The van der Waals surface area contributed by atoms with Gasteiger partial charge in [-0.05, 0) is 29.0 Å². The maximum absolute atomic E-state index is 12.7. The van der Waals surface area contributed by atoms with Crippen LogP contribution in [0.2, 0.25) is 0 Å². The molecule has 4 aliphatic rings. The van der Waals surface area contributed by atoms with Gasteiger partial charge in [-0.25, -0.2) is 9.67 Å². The third-order valence-corrected chi connectivity index (χ3v) is 6.65. The molecule has 0 spiro atoms. The van der Waals surface area contributed by atoms with Gasteiger partial charge in [-0.3, -0.25) is 9.36 Å². The van der Waals surface area contributed by atoms with Crippen molar-refractivity contribution in [1.29, 1.82) is 0 Å². The average Bonchev–Trinajstić information content (AvgIpc) is 3.20. The molecule has 0 aliphatic heterocycles. The quantitative estimate of drug-likeness (QED) is 0.522. The Morgan fingerprint density at radius 1 is 1.28 bits per heavy atom. The largest absolute Gasteiger partial charge is 0.337 e. The molecule has 3 aromatic heterocycles. The summed E-state index contributed by atoms with van der Waals surface area (Å²) < 4.78 is 8.37. The molecule has 8 rings (SSSR count). The molecule has 4 aliphatic carbocycles. The predicted molar refractivity (Wildman–Crippen MR) is 101 cm³/mol. The predicted octanol–water partition coefficient (Wildman–Crippen LogP) is 1.31. The molecule has 0 N–H and O–H groups in total. The molecular formula is C20H15N7O2. The van der Waals surface area contributed by atoms with Crippen LogP contribution >= 0.6 is 0 Å². The van der Waals surface area contributed by atoms with Gasteiger partial charge in [-0.2, -0.15) is 4.98 Å². The second-order valence-electron chi connectivity index (χ2n) is 7.99. The van der Waals surface area contributed by atoms with E-state index in [4.69, 9.17) is 4.52 Å². The van der Waals surface area contributed by atoms with Gasteiger partial charge in [0.1, 0.15) is 12.9 Å². The highest BCUT2D eigenvalue weighted by molar-refractivity contribution is 5.89. The Kier molecular flexibility index (Phi) is 2.57. The van der Waals surface area contributed by atoms with Crippen molar-refractivity contribution in [3.63, 3.8) is 0 Å². The van der Waals surface area contributed by atoms with Gasteiger partial charge in [0.2, 0.25) is 11.5 Å². The SMILES string of the molecule is Cn1nnc2ncn(Cc3nc([C@]45C6=C(c7ccccc7)C[C@@H]4[C@H]65)no3)c(=O)c21. The van der Waals surface area contributed by atoms with Crippen molar-refractivity contribution in [2.75, 3.05) is 0 Å². The van der Waals surface area contributed by atoms with Gasteiger partial charge in [-0.1, -0.05) is 40.7 Å². The van der Waals surface area contributed by atoms with Crippen LogP contribution in [-0.2, 0) is 19.0 Å². The lowest BCUT2D eigenvalue weighted by atomic mass is 10.1. The summed E-state index contributed by atoms with van der Waals surface area (Å²) in [5.74, 6) is 2.34. The molecule has 0 unspecified atom stereocenters. The smallest absolute Gasteiger partial charge is 0.281 e. The lowest BCUT2D eigenvalue weighted by molar-refractivity contribution is 0.363. The molecule has 2 bridgehead atoms. The van der Waals surface area contributed by atoms with Crippen LogP contribution in [0.3, 0.4) is 0 Å². The highest BCUT2D eigenvalue weighted by atomic mass is 16.5. The number of nitrogens with zero attached hydrogens (tertiary/aromatic N) is 7. The van der Waals surface area contributed by atoms with E-state index in [9.17, 15) is 4.79 Å². The molecule has 0 amide bonds. The first-order valence-electron chi connectivity index (χ1n) is 9.56. The molecule has 0 radical (unpaired) electrons. The Balaban J connectivity index is 1.21. The van der Waals surface area contributed by atoms with Crippen molar-refractivity contribution in [3.05, 3.63) is 69.9 Å². The summed E-state index contributed by atoms with van der Waals surface area (Å²) in [6, 6.07) is 10.5. The number of aryl methyl sites for hydroxylation is 1. The van der Waals surface area contributed by atoms with Gasteiger partial charge in [0, 0.05) is 13.0 Å². The van der Waals surface area contributed by atoms with Crippen LogP contribution in [0.5, 0.6) is 0 Å². The Labute approximate surface area is 163 Å². The molecule has 9 nitrogen and oxygen atoms in total. The monoisotopic (exact) mass is 385 g/mol. The van der Waals surface area contributed by atoms with Crippen LogP contribution in [0.25, 0.3) is 16.7 Å². The molecule has 1 aromatic carbocycles. The summed E-state index contributed by atoms with van der Waals surface area (Å²) in [7, 11) is 1.67. The van der Waals surface area contributed by atoms with Crippen molar-refractivity contribution in [1.82, 2.24) is 34.7 Å². The topological polar surface area (TPSA) is 105 Å². The maximum Gasteiger partial charge on any atom is 0.281 e. The third-order valence-electron chi connectivity index (χ3n) is 6.65. The highest BCUT2D eigenvalue weighted by Gasteiger charge is 2.89. The molecule has 29 heavy (non-hydrogen) atoms. The van der Waals surface area contributed by atoms with Crippen LogP contribution in [0, 0.1) is 11.8 Å². The first kappa shape index (κ1) is 15.3. The molecule has 142 valence electrons. The fraction of sp³-hybridized carbons (Fsp3) is 0.300. The number of hydrogen-bond acceptors (Lipinski definition) is 7. The molecule has 9 heteroatoms. The van der Waals surface area contributed by atoms with Gasteiger partial charge < -0.3 is 4.52 Å². The summed E-state index contributed by atoms with van der Waals surface area (Å²) >= 11 is 0. The second kappa shape index (κ2) is 4.86. The van der Waals surface area contributed by atoms with E-state index in [1.165, 1.54) is 32.3 Å². The first-order chi connectivity index (χ1) is 14.2. The summed E-state index contributed by atoms with van der Waals surface area (Å²) in [6.07, 6.45) is 2.53. The minimum Gasteiger partial charge on any atom is -0.337 e. The van der Waals surface area contributed by atoms with Gasteiger partial charge in [-0.15, -0.1) is 5.10 Å². The minimum absolute atomic E-state index is 0.00789. The van der Waals surface area contributed by atoms with Crippen molar-refractivity contribution >= 4 is 16.7 Å². The van der Waals surface area contributed by atoms with Crippen molar-refractivity contribution in [2.45, 2.75) is 18.4 Å². The number of fused-ring (bicyclic) bond motifs is 2. The lowest BCUT2D eigenvalue weighted by Gasteiger charge is -2.01. The van der Waals surface area contributed by atoms with Crippen molar-refractivity contribution in [3.8, 4) is 0 Å². The van der Waals surface area contributed by atoms with Crippen LogP contribution < -0.4 is 5.56 Å². The average molecular weight is 385 g/mol. The second-order valence-corrected chi connectivity index (χ2v) is 7.99. The Morgan fingerprint density at radius 2 is 2.14 bits per heavy atom. The van der Waals surface area contributed by atoms with Crippen LogP contribution in [0.1, 0.15) is 23.7 Å². The molecule has 2 saturated carbocycles. The molecular weight excluding hydrogens is 370 g/mol. The van der Waals surface area contributed by atoms with E-state index < -0.39 is 0 Å². The van der Waals surface area contributed by atoms with Crippen LogP contribution in [0.15, 0.2) is 51.5 Å².